The molecule has 1 saturated carbocycles. The van der Waals surface area contributed by atoms with Crippen LogP contribution in [0.25, 0.3) is 0 Å². The summed E-state index contributed by atoms with van der Waals surface area (Å²) in [6, 6.07) is 24.9. The van der Waals surface area contributed by atoms with Gasteiger partial charge < -0.3 is 43.6 Å². The van der Waals surface area contributed by atoms with E-state index in [1.807, 2.05) is 37.3 Å². The molecular formula is C51H54N4O11. The highest BCUT2D eigenvalue weighted by Gasteiger charge is 2.65. The molecule has 6 atom stereocenters. The molecule has 344 valence electrons. The van der Waals surface area contributed by atoms with Gasteiger partial charge in [0, 0.05) is 49.3 Å². The Morgan fingerprint density at radius 2 is 1.74 bits per heavy atom. The van der Waals surface area contributed by atoms with E-state index >= 15 is 4.79 Å². The highest BCUT2D eigenvalue weighted by Crippen LogP contribution is 2.62. The van der Waals surface area contributed by atoms with Crippen molar-refractivity contribution in [3.05, 3.63) is 142 Å². The predicted octanol–water partition coefficient (Wildman–Crippen LogP) is 8.98. The predicted molar refractivity (Wildman–Crippen MR) is 243 cm³/mol. The number of carbonyl (C=O) groups excluding carboxylic acids is 1. The maximum atomic E-state index is 15.4. The second-order valence-corrected chi connectivity index (χ2v) is 16.9. The highest BCUT2D eigenvalue weighted by molar-refractivity contribution is 6.03. The van der Waals surface area contributed by atoms with Gasteiger partial charge in [-0.1, -0.05) is 42.3 Å². The summed E-state index contributed by atoms with van der Waals surface area (Å²) in [5.41, 5.74) is 3.73. The summed E-state index contributed by atoms with van der Waals surface area (Å²) >= 11 is 0. The standard InChI is InChI=1S/C51H54N4O11/c1-3-24-63-51-47(54(50(58)35-17-14-33(30-52)15-18-35)31-34-16-20-45-46(25-34)62-32-61-45)29-43(53-64-4-2)41-26-36(10-5-7-22-56)40(13-6-8-23-57)48(49(41)51)42-28-39(19-21-44(42)66-51)65-38-12-9-11-37(27-38)55(59)60/h3,9,11-12,14-21,25-28,36,40,47-49,56-57H,1,4-8,10,13,22-24,29,31-32H2,2H3. The Balaban J connectivity index is 1.35. The molecule has 66 heavy (non-hydrogen) atoms. The number of unbranched alkanes of at least 4 members (excludes halogenated alkanes) is 2. The van der Waals surface area contributed by atoms with E-state index in [1.165, 1.54) is 12.1 Å². The van der Waals surface area contributed by atoms with Gasteiger partial charge in [-0.3, -0.25) is 14.9 Å². The van der Waals surface area contributed by atoms with Crippen LogP contribution in [0, 0.1) is 39.2 Å². The number of rotatable bonds is 20. The first-order valence-electron chi connectivity index (χ1n) is 22.5. The molecule has 2 heterocycles. The molecule has 15 heteroatoms. The minimum atomic E-state index is -1.56. The molecule has 8 rings (SSSR count). The molecule has 0 radical (unpaired) electrons. The maximum absolute atomic E-state index is 15.4. The molecule has 0 aromatic heterocycles. The quantitative estimate of drug-likeness (QED) is 0.0370. The van der Waals surface area contributed by atoms with E-state index in [4.69, 9.17) is 33.7 Å². The van der Waals surface area contributed by atoms with Crippen molar-refractivity contribution >= 4 is 17.3 Å². The lowest BCUT2D eigenvalue weighted by Gasteiger charge is -2.60. The number of nitriles is 1. The number of ether oxygens (including phenoxy) is 5. The van der Waals surface area contributed by atoms with Crippen LogP contribution in [-0.2, 0) is 16.1 Å². The monoisotopic (exact) mass is 898 g/mol. The first-order chi connectivity index (χ1) is 32.2. The fourth-order valence-electron chi connectivity index (χ4n) is 10.1. The van der Waals surface area contributed by atoms with Crippen LogP contribution in [0.1, 0.15) is 84.8 Å². The van der Waals surface area contributed by atoms with Crippen LogP contribution in [-0.4, -0.2) is 76.7 Å². The Labute approximate surface area is 383 Å². The van der Waals surface area contributed by atoms with Gasteiger partial charge in [0.2, 0.25) is 12.6 Å². The van der Waals surface area contributed by atoms with Gasteiger partial charge in [0.15, 0.2) is 11.5 Å². The minimum Gasteiger partial charge on any atom is -0.459 e. The second kappa shape index (κ2) is 20.6. The van der Waals surface area contributed by atoms with Gasteiger partial charge in [0.05, 0.1) is 40.9 Å². The third-order valence-corrected chi connectivity index (χ3v) is 12.9. The molecule has 2 aliphatic heterocycles. The van der Waals surface area contributed by atoms with E-state index in [-0.39, 0.29) is 68.9 Å². The third-order valence-electron chi connectivity index (χ3n) is 12.9. The van der Waals surface area contributed by atoms with Crippen LogP contribution < -0.4 is 18.9 Å². The maximum Gasteiger partial charge on any atom is 0.273 e. The summed E-state index contributed by atoms with van der Waals surface area (Å²) in [5.74, 6) is -0.521. The molecule has 0 bridgehead atoms. The number of hydrogen-bond acceptors (Lipinski definition) is 13. The van der Waals surface area contributed by atoms with E-state index in [0.717, 1.165) is 42.4 Å². The van der Waals surface area contributed by atoms with Gasteiger partial charge in [0.25, 0.3) is 11.6 Å². The van der Waals surface area contributed by atoms with Crippen molar-refractivity contribution in [3.8, 4) is 34.8 Å². The Hall–Kier alpha value is -6.73. The molecule has 2 N–H and O–H groups in total. The lowest BCUT2D eigenvalue weighted by molar-refractivity contribution is -0.384. The van der Waals surface area contributed by atoms with Crippen LogP contribution in [0.3, 0.4) is 0 Å². The number of allylic oxidation sites excluding steroid dienone is 1. The van der Waals surface area contributed by atoms with Crippen LogP contribution in [0.2, 0.25) is 0 Å². The fourth-order valence-corrected chi connectivity index (χ4v) is 10.1. The van der Waals surface area contributed by atoms with Crippen LogP contribution >= 0.6 is 0 Å². The van der Waals surface area contributed by atoms with Crippen molar-refractivity contribution in [1.82, 2.24) is 4.90 Å². The van der Waals surface area contributed by atoms with Gasteiger partial charge in [-0.15, -0.1) is 6.58 Å². The van der Waals surface area contributed by atoms with Crippen molar-refractivity contribution in [1.29, 1.82) is 5.26 Å². The molecule has 1 amide bonds. The molecule has 2 aliphatic carbocycles. The van der Waals surface area contributed by atoms with Crippen molar-refractivity contribution in [2.24, 2.45) is 22.9 Å². The van der Waals surface area contributed by atoms with E-state index in [0.29, 0.717) is 65.0 Å². The Bertz CT molecular complexity index is 2520. The Kier molecular flexibility index (Phi) is 14.3. The zero-order chi connectivity index (χ0) is 46.2. The summed E-state index contributed by atoms with van der Waals surface area (Å²) in [6.45, 7) is 6.51. The number of oxime groups is 1. The zero-order valence-electron chi connectivity index (χ0n) is 36.9. The average Bonchev–Trinajstić information content (AvgIpc) is 3.81. The number of amides is 1. The number of benzene rings is 4. The van der Waals surface area contributed by atoms with E-state index in [9.17, 15) is 25.6 Å². The molecule has 0 saturated heterocycles. The number of nitro groups is 1. The highest BCUT2D eigenvalue weighted by atomic mass is 16.7. The van der Waals surface area contributed by atoms with Crippen molar-refractivity contribution in [2.45, 2.75) is 76.2 Å². The van der Waals surface area contributed by atoms with Gasteiger partial charge >= 0.3 is 0 Å². The normalized spacial score (nSPS) is 22.8. The van der Waals surface area contributed by atoms with E-state index < -0.39 is 22.7 Å². The topological polar surface area (TPSA) is 195 Å². The van der Waals surface area contributed by atoms with Crippen molar-refractivity contribution in [3.63, 3.8) is 0 Å². The molecular weight excluding hydrogens is 845 g/mol. The Morgan fingerprint density at radius 3 is 2.48 bits per heavy atom. The number of aliphatic hydroxyl groups is 2. The number of non-ortho nitro benzene ring substituents is 1. The lowest BCUT2D eigenvalue weighted by Crippen LogP contribution is -2.70. The summed E-state index contributed by atoms with van der Waals surface area (Å²) in [5, 5.41) is 46.1. The van der Waals surface area contributed by atoms with Gasteiger partial charge in [-0.2, -0.15) is 5.26 Å². The Morgan fingerprint density at radius 1 is 0.985 bits per heavy atom. The first kappa shape index (κ1) is 45.8. The smallest absolute Gasteiger partial charge is 0.273 e. The number of hydrogen-bond donors (Lipinski definition) is 2. The molecule has 6 unspecified atom stereocenters. The van der Waals surface area contributed by atoms with Crippen molar-refractivity contribution < 1.29 is 48.5 Å². The first-order valence-corrected chi connectivity index (χ1v) is 22.5. The van der Waals surface area contributed by atoms with Gasteiger partial charge in [-0.25, -0.2) is 0 Å². The van der Waals surface area contributed by atoms with Crippen LogP contribution in [0.4, 0.5) is 5.69 Å². The number of nitro benzene ring substituents is 1. The summed E-state index contributed by atoms with van der Waals surface area (Å²) in [4.78, 5) is 34.3. The van der Waals surface area contributed by atoms with E-state index in [2.05, 4.69) is 18.7 Å². The molecule has 15 nitrogen and oxygen atoms in total. The SMILES string of the molecule is C=CCOC12Oc3ccc(Oc4cccc([N+](=O)[O-])c4)cc3C3C(CCCCO)C(CCCCO)C=C(C(=NOCC)CC1N(Cc1ccc4c(c1)OCO4)C(=O)c1ccc(C#N)cc1)C32. The molecule has 4 aliphatic rings. The zero-order valence-corrected chi connectivity index (χ0v) is 36.9. The summed E-state index contributed by atoms with van der Waals surface area (Å²) in [7, 11) is 0. The summed E-state index contributed by atoms with van der Waals surface area (Å²) < 4.78 is 32.3. The largest absolute Gasteiger partial charge is 0.459 e. The molecule has 0 spiro atoms. The fraction of sp³-hybridized carbons (Fsp3) is 0.392. The average molecular weight is 899 g/mol. The second-order valence-electron chi connectivity index (χ2n) is 16.9. The summed E-state index contributed by atoms with van der Waals surface area (Å²) in [6.07, 6.45) is 8.27. The van der Waals surface area contributed by atoms with Gasteiger partial charge in [-0.05, 0) is 116 Å². The molecule has 4 aromatic carbocycles. The third kappa shape index (κ3) is 9.35. The number of carbonyl (C=O) groups is 1. The molecule has 1 fully saturated rings. The van der Waals surface area contributed by atoms with Crippen molar-refractivity contribution in [2.75, 3.05) is 33.2 Å². The number of aliphatic hydroxyl groups excluding tert-OH is 2. The number of fused-ring (bicyclic) bond motifs is 3. The van der Waals surface area contributed by atoms with E-state index in [1.54, 1.807) is 53.4 Å². The minimum absolute atomic E-state index is 0.00992. The van der Waals surface area contributed by atoms with Crippen LogP contribution in [0.15, 0.2) is 114 Å². The number of nitrogens with zero attached hydrogens (tertiary/aromatic N) is 4. The van der Waals surface area contributed by atoms with Gasteiger partial charge in [0.1, 0.15) is 29.9 Å². The molecule has 4 aromatic rings. The lowest BCUT2D eigenvalue weighted by atomic mass is 9.55. The van der Waals surface area contributed by atoms with Crippen LogP contribution in [0.5, 0.6) is 28.7 Å².